The second kappa shape index (κ2) is 12.2. The second-order valence-corrected chi connectivity index (χ2v) is 6.56. The maximum absolute atomic E-state index is 11.5. The summed E-state index contributed by atoms with van der Waals surface area (Å²) in [4.78, 5) is 11.5. The molecule has 0 bridgehead atoms. The number of rotatable bonds is 12. The molecule has 0 aliphatic heterocycles. The van der Waals surface area contributed by atoms with E-state index in [-0.39, 0.29) is 11.6 Å². The fourth-order valence-corrected chi connectivity index (χ4v) is 2.09. The lowest BCUT2D eigenvalue weighted by atomic mass is 10.1. The van der Waals surface area contributed by atoms with E-state index in [2.05, 4.69) is 12.2 Å². The molecule has 0 aromatic heterocycles. The van der Waals surface area contributed by atoms with Crippen LogP contribution in [0, 0.1) is 0 Å². The maximum Gasteiger partial charge on any atom is 0.307 e. The molecule has 0 saturated carbocycles. The van der Waals surface area contributed by atoms with Gasteiger partial charge in [0.2, 0.25) is 0 Å². The first-order valence-corrected chi connectivity index (χ1v) is 8.38. The molecule has 1 N–H and O–H groups in total. The van der Waals surface area contributed by atoms with Gasteiger partial charge < -0.3 is 10.1 Å². The first kappa shape index (κ1) is 19.4. The topological polar surface area (TPSA) is 38.3 Å². The number of carbonyl (C=O) groups is 1. The van der Waals surface area contributed by atoms with E-state index in [0.717, 1.165) is 13.1 Å². The third-order valence-electron chi connectivity index (χ3n) is 3.13. The van der Waals surface area contributed by atoms with E-state index in [1.807, 2.05) is 20.8 Å². The van der Waals surface area contributed by atoms with Gasteiger partial charge in [-0.25, -0.2) is 0 Å². The number of carbonyl (C=O) groups excluding carboxylic acids is 1. The first-order chi connectivity index (χ1) is 9.45. The Hall–Kier alpha value is -0.570. The molecule has 0 atom stereocenters. The van der Waals surface area contributed by atoms with Crippen molar-refractivity contribution in [2.45, 2.75) is 91.1 Å². The zero-order valence-corrected chi connectivity index (χ0v) is 14.1. The Labute approximate surface area is 125 Å². The number of nitrogens with one attached hydrogen (secondary N) is 1. The van der Waals surface area contributed by atoms with Crippen LogP contribution in [0.4, 0.5) is 0 Å². The Morgan fingerprint density at radius 2 is 1.45 bits per heavy atom. The molecule has 3 nitrogen and oxygen atoms in total. The number of hydrogen-bond acceptors (Lipinski definition) is 3. The normalized spacial score (nSPS) is 11.6. The van der Waals surface area contributed by atoms with E-state index in [4.69, 9.17) is 4.74 Å². The smallest absolute Gasteiger partial charge is 0.307 e. The molecule has 0 fully saturated rings. The van der Waals surface area contributed by atoms with Crippen molar-refractivity contribution in [2.75, 3.05) is 13.1 Å². The predicted octanol–water partition coefficient (Wildman–Crippen LogP) is 4.45. The van der Waals surface area contributed by atoms with Gasteiger partial charge >= 0.3 is 5.97 Å². The van der Waals surface area contributed by atoms with Gasteiger partial charge in [-0.1, -0.05) is 51.9 Å². The second-order valence-electron chi connectivity index (χ2n) is 6.56. The van der Waals surface area contributed by atoms with Gasteiger partial charge in [-0.3, -0.25) is 4.79 Å². The summed E-state index contributed by atoms with van der Waals surface area (Å²) in [6.45, 7) is 9.70. The van der Waals surface area contributed by atoms with Crippen LogP contribution in [-0.2, 0) is 9.53 Å². The quantitative estimate of drug-likeness (QED) is 0.425. The maximum atomic E-state index is 11.5. The highest BCUT2D eigenvalue weighted by molar-refractivity contribution is 5.70. The van der Waals surface area contributed by atoms with E-state index in [9.17, 15) is 4.79 Å². The van der Waals surface area contributed by atoms with Crippen molar-refractivity contribution in [1.29, 1.82) is 0 Å². The minimum absolute atomic E-state index is 0.110. The van der Waals surface area contributed by atoms with Crippen molar-refractivity contribution >= 4 is 5.97 Å². The van der Waals surface area contributed by atoms with Crippen LogP contribution in [0.15, 0.2) is 0 Å². The Morgan fingerprint density at radius 3 is 2.00 bits per heavy atom. The summed E-state index contributed by atoms with van der Waals surface area (Å²) in [6.07, 6.45) is 11.2. The molecule has 20 heavy (non-hydrogen) atoms. The lowest BCUT2D eigenvalue weighted by molar-refractivity contribution is -0.154. The lowest BCUT2D eigenvalue weighted by Gasteiger charge is -2.19. The molecule has 0 radical (unpaired) electrons. The van der Waals surface area contributed by atoms with E-state index < -0.39 is 0 Å². The summed E-state index contributed by atoms with van der Waals surface area (Å²) in [6, 6.07) is 0. The molecule has 0 aromatic rings. The van der Waals surface area contributed by atoms with Crippen molar-refractivity contribution in [2.24, 2.45) is 0 Å². The van der Waals surface area contributed by atoms with Crippen LogP contribution in [0.1, 0.15) is 85.5 Å². The molecule has 0 saturated heterocycles. The van der Waals surface area contributed by atoms with Crippen LogP contribution < -0.4 is 5.32 Å². The molecule has 3 heteroatoms. The highest BCUT2D eigenvalue weighted by atomic mass is 16.6. The van der Waals surface area contributed by atoms with Crippen LogP contribution >= 0.6 is 0 Å². The zero-order chi connectivity index (χ0) is 15.3. The van der Waals surface area contributed by atoms with Crippen LogP contribution in [0.25, 0.3) is 0 Å². The minimum atomic E-state index is -0.366. The predicted molar refractivity (Wildman–Crippen MR) is 85.9 cm³/mol. The Bertz CT molecular complexity index is 234. The molecular weight excluding hydrogens is 250 g/mol. The summed E-state index contributed by atoms with van der Waals surface area (Å²) in [5, 5.41) is 3.31. The molecule has 0 heterocycles. The average molecular weight is 285 g/mol. The van der Waals surface area contributed by atoms with Crippen LogP contribution in [0.5, 0.6) is 0 Å². The molecule has 120 valence electrons. The summed E-state index contributed by atoms with van der Waals surface area (Å²) < 4.78 is 5.25. The molecule has 0 amide bonds. The minimum Gasteiger partial charge on any atom is -0.460 e. The van der Waals surface area contributed by atoms with Gasteiger partial charge in [0.15, 0.2) is 0 Å². The summed E-state index contributed by atoms with van der Waals surface area (Å²) in [7, 11) is 0. The van der Waals surface area contributed by atoms with E-state index in [0.29, 0.717) is 6.42 Å². The van der Waals surface area contributed by atoms with Gasteiger partial charge in [-0.15, -0.1) is 0 Å². The molecule has 0 rings (SSSR count). The SMILES string of the molecule is CCCCCCCCCCNCCC(=O)OC(C)(C)C. The largest absolute Gasteiger partial charge is 0.460 e. The Kier molecular flexibility index (Phi) is 11.8. The highest BCUT2D eigenvalue weighted by Crippen LogP contribution is 2.08. The fourth-order valence-electron chi connectivity index (χ4n) is 2.09. The van der Waals surface area contributed by atoms with Gasteiger partial charge in [-0.05, 0) is 33.7 Å². The van der Waals surface area contributed by atoms with E-state index in [1.54, 1.807) is 0 Å². The molecule has 0 aliphatic rings. The monoisotopic (exact) mass is 285 g/mol. The van der Waals surface area contributed by atoms with E-state index in [1.165, 1.54) is 51.4 Å². The summed E-state index contributed by atoms with van der Waals surface area (Å²) >= 11 is 0. The highest BCUT2D eigenvalue weighted by Gasteiger charge is 2.15. The third-order valence-corrected chi connectivity index (χ3v) is 3.13. The van der Waals surface area contributed by atoms with E-state index >= 15 is 0 Å². The van der Waals surface area contributed by atoms with Gasteiger partial charge in [0.1, 0.15) is 5.60 Å². The number of esters is 1. The van der Waals surface area contributed by atoms with Gasteiger partial charge in [0.05, 0.1) is 6.42 Å². The van der Waals surface area contributed by atoms with Crippen LogP contribution in [0.2, 0.25) is 0 Å². The summed E-state index contributed by atoms with van der Waals surface area (Å²) in [5.74, 6) is -0.110. The number of ether oxygens (including phenoxy) is 1. The zero-order valence-electron chi connectivity index (χ0n) is 14.1. The Balaban J connectivity index is 3.19. The van der Waals surface area contributed by atoms with Gasteiger partial charge in [-0.2, -0.15) is 0 Å². The lowest BCUT2D eigenvalue weighted by Crippen LogP contribution is -2.27. The molecule has 0 aromatic carbocycles. The third kappa shape index (κ3) is 15.5. The summed E-state index contributed by atoms with van der Waals surface area (Å²) in [5.41, 5.74) is -0.366. The molecule has 0 aliphatic carbocycles. The number of unbranched alkanes of at least 4 members (excludes halogenated alkanes) is 7. The van der Waals surface area contributed by atoms with Crippen molar-refractivity contribution in [3.8, 4) is 0 Å². The Morgan fingerprint density at radius 1 is 0.900 bits per heavy atom. The number of hydrogen-bond donors (Lipinski definition) is 1. The van der Waals surface area contributed by atoms with Gasteiger partial charge in [0.25, 0.3) is 0 Å². The molecular formula is C17H35NO2. The fraction of sp³-hybridized carbons (Fsp3) is 0.941. The van der Waals surface area contributed by atoms with Gasteiger partial charge in [0, 0.05) is 6.54 Å². The molecule has 0 spiro atoms. The van der Waals surface area contributed by atoms with Crippen molar-refractivity contribution < 1.29 is 9.53 Å². The average Bonchev–Trinajstić information content (AvgIpc) is 2.34. The van der Waals surface area contributed by atoms with Crippen molar-refractivity contribution in [3.63, 3.8) is 0 Å². The van der Waals surface area contributed by atoms with Crippen LogP contribution in [-0.4, -0.2) is 24.7 Å². The molecule has 0 unspecified atom stereocenters. The van der Waals surface area contributed by atoms with Crippen LogP contribution in [0.3, 0.4) is 0 Å². The standard InChI is InChI=1S/C17H35NO2/c1-5-6-7-8-9-10-11-12-14-18-15-13-16(19)20-17(2,3)4/h18H,5-15H2,1-4H3. The van der Waals surface area contributed by atoms with Crippen molar-refractivity contribution in [1.82, 2.24) is 5.32 Å². The van der Waals surface area contributed by atoms with Crippen molar-refractivity contribution in [3.05, 3.63) is 0 Å². The first-order valence-electron chi connectivity index (χ1n) is 8.38.